The zero-order valence-corrected chi connectivity index (χ0v) is 14.4. The van der Waals surface area contributed by atoms with Crippen molar-refractivity contribution in [3.8, 4) is 0 Å². The number of carbonyl (C=O) groups is 2. The molecule has 1 fully saturated rings. The first kappa shape index (κ1) is 17.5. The Morgan fingerprint density at radius 2 is 1.91 bits per heavy atom. The minimum atomic E-state index is -0.0838. The summed E-state index contributed by atoms with van der Waals surface area (Å²) in [6.45, 7) is 5.02. The lowest BCUT2D eigenvalue weighted by molar-refractivity contribution is -0.131. The molecule has 0 bridgehead atoms. The quantitative estimate of drug-likeness (QED) is 0.809. The minimum Gasteiger partial charge on any atom is -0.355 e. The third kappa shape index (κ3) is 5.09. The Morgan fingerprint density at radius 1 is 1.26 bits per heavy atom. The molecule has 1 aliphatic heterocycles. The average Bonchev–Trinajstić information content (AvgIpc) is 2.61. The molecule has 7 nitrogen and oxygen atoms in total. The van der Waals surface area contributed by atoms with E-state index in [2.05, 4.69) is 20.2 Å². The SMILES string of the molecule is CS[C@H](C)C(=O)NCCC(=O)N1CCN(c2ncccn2)CC1. The number of nitrogens with one attached hydrogen (secondary N) is 1. The summed E-state index contributed by atoms with van der Waals surface area (Å²) in [5.74, 6) is 0.769. The minimum absolute atomic E-state index is 0.0173. The van der Waals surface area contributed by atoms with E-state index in [9.17, 15) is 9.59 Å². The molecule has 1 aromatic rings. The van der Waals surface area contributed by atoms with Crippen LogP contribution < -0.4 is 10.2 Å². The highest BCUT2D eigenvalue weighted by molar-refractivity contribution is 7.99. The smallest absolute Gasteiger partial charge is 0.232 e. The molecular formula is C15H23N5O2S. The molecule has 8 heteroatoms. The number of rotatable bonds is 6. The first-order valence-electron chi connectivity index (χ1n) is 7.72. The molecule has 0 radical (unpaired) electrons. The van der Waals surface area contributed by atoms with Crippen molar-refractivity contribution < 1.29 is 9.59 Å². The molecule has 1 N–H and O–H groups in total. The summed E-state index contributed by atoms with van der Waals surface area (Å²) in [5.41, 5.74) is 0. The van der Waals surface area contributed by atoms with Crippen LogP contribution in [0.1, 0.15) is 13.3 Å². The maximum atomic E-state index is 12.2. The summed E-state index contributed by atoms with van der Waals surface area (Å²) in [5, 5.41) is 2.72. The Labute approximate surface area is 140 Å². The molecule has 2 amide bonds. The van der Waals surface area contributed by atoms with Gasteiger partial charge < -0.3 is 15.1 Å². The van der Waals surface area contributed by atoms with Crippen LogP contribution in [0.25, 0.3) is 0 Å². The van der Waals surface area contributed by atoms with Crippen LogP contribution in [0.3, 0.4) is 0 Å². The van der Waals surface area contributed by atoms with Gasteiger partial charge >= 0.3 is 0 Å². The second-order valence-electron chi connectivity index (χ2n) is 5.34. The fourth-order valence-corrected chi connectivity index (χ4v) is 2.61. The molecule has 1 aliphatic rings. The normalized spacial score (nSPS) is 16.1. The van der Waals surface area contributed by atoms with Crippen LogP contribution in [-0.4, -0.2) is 70.9 Å². The zero-order chi connectivity index (χ0) is 16.7. The van der Waals surface area contributed by atoms with Crippen LogP contribution in [0.2, 0.25) is 0 Å². The van der Waals surface area contributed by atoms with Crippen LogP contribution in [0.15, 0.2) is 18.5 Å². The van der Waals surface area contributed by atoms with E-state index < -0.39 is 0 Å². The van der Waals surface area contributed by atoms with Crippen LogP contribution in [0.4, 0.5) is 5.95 Å². The van der Waals surface area contributed by atoms with Crippen LogP contribution in [0, 0.1) is 0 Å². The molecule has 0 aliphatic carbocycles. The van der Waals surface area contributed by atoms with Crippen LogP contribution in [-0.2, 0) is 9.59 Å². The standard InChI is InChI=1S/C15H23N5O2S/c1-12(23-2)14(22)16-7-4-13(21)19-8-10-20(11-9-19)15-17-5-3-6-18-15/h3,5-6,12H,4,7-11H2,1-2H3,(H,16,22)/t12-/m1/s1. The third-order valence-corrected chi connectivity index (χ3v) is 4.75. The van der Waals surface area contributed by atoms with Gasteiger partial charge in [-0.1, -0.05) is 0 Å². The lowest BCUT2D eigenvalue weighted by Crippen LogP contribution is -2.49. The maximum absolute atomic E-state index is 12.2. The van der Waals surface area contributed by atoms with Crippen molar-refractivity contribution in [1.82, 2.24) is 20.2 Å². The number of carbonyl (C=O) groups excluding carboxylic acids is 2. The fourth-order valence-electron chi connectivity index (χ4n) is 2.31. The lowest BCUT2D eigenvalue weighted by Gasteiger charge is -2.34. The molecular weight excluding hydrogens is 314 g/mol. The largest absolute Gasteiger partial charge is 0.355 e. The van der Waals surface area contributed by atoms with Crippen molar-refractivity contribution in [2.75, 3.05) is 43.9 Å². The Balaban J connectivity index is 1.70. The number of hydrogen-bond donors (Lipinski definition) is 1. The molecule has 1 aromatic heterocycles. The maximum Gasteiger partial charge on any atom is 0.232 e. The van der Waals surface area contributed by atoms with E-state index in [0.717, 1.165) is 13.1 Å². The fraction of sp³-hybridized carbons (Fsp3) is 0.600. The molecule has 23 heavy (non-hydrogen) atoms. The van der Waals surface area contributed by atoms with Gasteiger partial charge in [-0.25, -0.2) is 9.97 Å². The van der Waals surface area contributed by atoms with E-state index in [-0.39, 0.29) is 17.1 Å². The van der Waals surface area contributed by atoms with E-state index in [1.807, 2.05) is 18.1 Å². The van der Waals surface area contributed by atoms with E-state index in [1.54, 1.807) is 18.5 Å². The van der Waals surface area contributed by atoms with E-state index >= 15 is 0 Å². The topological polar surface area (TPSA) is 78.4 Å². The number of amides is 2. The molecule has 1 saturated heterocycles. The van der Waals surface area contributed by atoms with Gasteiger partial charge in [-0.05, 0) is 19.2 Å². The molecule has 0 saturated carbocycles. The number of hydrogen-bond acceptors (Lipinski definition) is 6. The Kier molecular flexibility index (Phi) is 6.64. The van der Waals surface area contributed by atoms with Crippen molar-refractivity contribution in [2.24, 2.45) is 0 Å². The highest BCUT2D eigenvalue weighted by Gasteiger charge is 2.22. The molecule has 1 atom stereocenters. The Morgan fingerprint density at radius 3 is 2.52 bits per heavy atom. The monoisotopic (exact) mass is 337 g/mol. The van der Waals surface area contributed by atoms with Crippen LogP contribution >= 0.6 is 11.8 Å². The van der Waals surface area contributed by atoms with Gasteiger partial charge in [0.2, 0.25) is 17.8 Å². The van der Waals surface area contributed by atoms with Gasteiger partial charge in [0.05, 0.1) is 5.25 Å². The summed E-state index contributed by atoms with van der Waals surface area (Å²) < 4.78 is 0. The number of aromatic nitrogens is 2. The van der Waals surface area contributed by atoms with Crippen molar-refractivity contribution >= 4 is 29.5 Å². The second-order valence-corrected chi connectivity index (χ2v) is 6.51. The second kappa shape index (κ2) is 8.71. The average molecular weight is 337 g/mol. The number of thioether (sulfide) groups is 1. The van der Waals surface area contributed by atoms with Gasteiger partial charge in [-0.3, -0.25) is 9.59 Å². The van der Waals surface area contributed by atoms with Crippen molar-refractivity contribution in [3.63, 3.8) is 0 Å². The third-order valence-electron chi connectivity index (χ3n) is 3.83. The van der Waals surface area contributed by atoms with Crippen molar-refractivity contribution in [1.29, 1.82) is 0 Å². The molecule has 2 rings (SSSR count). The van der Waals surface area contributed by atoms with E-state index in [4.69, 9.17) is 0 Å². The Hall–Kier alpha value is -1.83. The molecule has 0 unspecified atom stereocenters. The van der Waals surface area contributed by atoms with Gasteiger partial charge in [-0.2, -0.15) is 11.8 Å². The van der Waals surface area contributed by atoms with Gasteiger partial charge in [-0.15, -0.1) is 0 Å². The Bertz CT molecular complexity index is 520. The number of nitrogens with zero attached hydrogens (tertiary/aromatic N) is 4. The predicted molar refractivity (Wildman–Crippen MR) is 91.4 cm³/mol. The first-order valence-corrected chi connectivity index (χ1v) is 9.01. The lowest BCUT2D eigenvalue weighted by atomic mass is 10.2. The van der Waals surface area contributed by atoms with Gasteiger partial charge in [0.1, 0.15) is 0 Å². The summed E-state index contributed by atoms with van der Waals surface area (Å²) in [7, 11) is 0. The van der Waals surface area contributed by atoms with Gasteiger partial charge in [0.25, 0.3) is 0 Å². The summed E-state index contributed by atoms with van der Waals surface area (Å²) in [6.07, 6.45) is 5.68. The summed E-state index contributed by atoms with van der Waals surface area (Å²) in [6, 6.07) is 1.79. The molecule has 0 spiro atoms. The van der Waals surface area contributed by atoms with E-state index in [0.29, 0.717) is 32.0 Å². The highest BCUT2D eigenvalue weighted by atomic mass is 32.2. The zero-order valence-electron chi connectivity index (χ0n) is 13.6. The van der Waals surface area contributed by atoms with Crippen molar-refractivity contribution in [3.05, 3.63) is 18.5 Å². The number of anilines is 1. The highest BCUT2D eigenvalue weighted by Crippen LogP contribution is 2.10. The van der Waals surface area contributed by atoms with Gasteiger partial charge in [0, 0.05) is 51.5 Å². The van der Waals surface area contributed by atoms with Gasteiger partial charge in [0.15, 0.2) is 0 Å². The van der Waals surface area contributed by atoms with Crippen molar-refractivity contribution in [2.45, 2.75) is 18.6 Å². The molecule has 2 heterocycles. The summed E-state index contributed by atoms with van der Waals surface area (Å²) in [4.78, 5) is 36.2. The first-order chi connectivity index (χ1) is 11.1. The molecule has 0 aromatic carbocycles. The predicted octanol–water partition coefficient (Wildman–Crippen LogP) is 0.383. The van der Waals surface area contributed by atoms with Crippen LogP contribution in [0.5, 0.6) is 0 Å². The summed E-state index contributed by atoms with van der Waals surface area (Å²) >= 11 is 1.49. The molecule has 126 valence electrons. The number of piperazine rings is 1. The van der Waals surface area contributed by atoms with E-state index in [1.165, 1.54) is 11.8 Å².